The molecule has 0 aliphatic heterocycles. The molecule has 3 rings (SSSR count). The summed E-state index contributed by atoms with van der Waals surface area (Å²) in [7, 11) is 0. The minimum absolute atomic E-state index is 0. The monoisotopic (exact) mass is 627 g/mol. The van der Waals surface area contributed by atoms with E-state index in [1.165, 1.54) is 0 Å². The number of aliphatic hydroxyl groups is 2. The van der Waals surface area contributed by atoms with Crippen LogP contribution in [0.2, 0.25) is 0 Å². The number of nitrogens with zero attached hydrogens (tertiary/aromatic N) is 3. The van der Waals surface area contributed by atoms with Crippen LogP contribution in [0.5, 0.6) is 0 Å². The van der Waals surface area contributed by atoms with Crippen molar-refractivity contribution < 1.29 is 43.5 Å². The van der Waals surface area contributed by atoms with Gasteiger partial charge < -0.3 is 14.8 Å². The first-order chi connectivity index (χ1) is 14.4. The minimum Gasteiger partial charge on any atom is -0.392 e. The summed E-state index contributed by atoms with van der Waals surface area (Å²) < 4.78 is 37.5. The Bertz CT molecular complexity index is 925. The van der Waals surface area contributed by atoms with Crippen molar-refractivity contribution in [3.8, 4) is 17.1 Å². The zero-order valence-corrected chi connectivity index (χ0v) is 20.7. The molecule has 1 heterocycles. The van der Waals surface area contributed by atoms with E-state index in [2.05, 4.69) is 16.3 Å². The number of hydrogen-bond acceptors (Lipinski definition) is 4. The van der Waals surface area contributed by atoms with Gasteiger partial charge in [0.1, 0.15) is 5.82 Å². The summed E-state index contributed by atoms with van der Waals surface area (Å²) >= 11 is 0. The van der Waals surface area contributed by atoms with Gasteiger partial charge in [-0.15, -0.1) is 41.0 Å². The summed E-state index contributed by atoms with van der Waals surface area (Å²) in [5.41, 5.74) is 1.36. The molecule has 2 atom stereocenters. The molecule has 5 nitrogen and oxygen atoms in total. The van der Waals surface area contributed by atoms with Crippen LogP contribution < -0.4 is 0 Å². The SMILES string of the molecule is CC(C)(C)C(O)CC(O)C(F)(F)F.Cc1nnc(-c2[c-]cccc2)n1-c1ccccc1.[Ir]. The van der Waals surface area contributed by atoms with E-state index in [1.807, 2.05) is 66.1 Å². The largest absolute Gasteiger partial charge is 0.414 e. The van der Waals surface area contributed by atoms with Crippen molar-refractivity contribution in [2.24, 2.45) is 5.41 Å². The van der Waals surface area contributed by atoms with Gasteiger partial charge in [-0.3, -0.25) is 0 Å². The van der Waals surface area contributed by atoms with Crippen LogP contribution in [0.4, 0.5) is 13.2 Å². The zero-order chi connectivity index (χ0) is 23.2. The van der Waals surface area contributed by atoms with Crippen molar-refractivity contribution in [2.75, 3.05) is 0 Å². The van der Waals surface area contributed by atoms with Gasteiger partial charge in [0.25, 0.3) is 0 Å². The van der Waals surface area contributed by atoms with E-state index >= 15 is 0 Å². The molecule has 1 aromatic heterocycles. The molecule has 9 heteroatoms. The predicted molar refractivity (Wildman–Crippen MR) is 113 cm³/mol. The van der Waals surface area contributed by atoms with Crippen LogP contribution in [-0.2, 0) is 20.1 Å². The average molecular weight is 627 g/mol. The van der Waals surface area contributed by atoms with Crippen LogP contribution in [-0.4, -0.2) is 43.4 Å². The summed E-state index contributed by atoms with van der Waals surface area (Å²) in [5.74, 6) is 1.69. The molecule has 0 spiro atoms. The first-order valence-corrected chi connectivity index (χ1v) is 9.78. The van der Waals surface area contributed by atoms with Crippen molar-refractivity contribution in [3.05, 3.63) is 66.5 Å². The molecule has 2 N–H and O–H groups in total. The molecule has 0 saturated carbocycles. The summed E-state index contributed by atoms with van der Waals surface area (Å²) in [5, 5.41) is 26.3. The minimum atomic E-state index is -4.65. The van der Waals surface area contributed by atoms with Gasteiger partial charge in [-0.1, -0.05) is 39.0 Å². The Balaban J connectivity index is 0.000000330. The zero-order valence-electron chi connectivity index (χ0n) is 18.3. The van der Waals surface area contributed by atoms with E-state index in [9.17, 15) is 18.3 Å². The van der Waals surface area contributed by atoms with E-state index in [-0.39, 0.29) is 20.1 Å². The van der Waals surface area contributed by atoms with Crippen molar-refractivity contribution >= 4 is 0 Å². The predicted octanol–water partition coefficient (Wildman–Crippen LogP) is 4.75. The van der Waals surface area contributed by atoms with Crippen molar-refractivity contribution in [2.45, 2.75) is 52.5 Å². The number of aliphatic hydroxyl groups excluding tert-OH is 2. The molecular weight excluding hydrogens is 599 g/mol. The van der Waals surface area contributed by atoms with Gasteiger partial charge in [0.2, 0.25) is 0 Å². The molecule has 32 heavy (non-hydrogen) atoms. The van der Waals surface area contributed by atoms with Gasteiger partial charge in [-0.05, 0) is 24.5 Å². The third-order valence-electron chi connectivity index (χ3n) is 4.61. The number of halogens is 3. The Morgan fingerprint density at radius 3 is 2.03 bits per heavy atom. The molecule has 2 aromatic carbocycles. The van der Waals surface area contributed by atoms with Crippen molar-refractivity contribution in [3.63, 3.8) is 0 Å². The second-order valence-electron chi connectivity index (χ2n) is 8.19. The Labute approximate surface area is 199 Å². The first kappa shape index (κ1) is 28.0. The number of benzene rings is 2. The quantitative estimate of drug-likeness (QED) is 0.411. The van der Waals surface area contributed by atoms with Gasteiger partial charge >= 0.3 is 6.18 Å². The Kier molecular flexibility index (Phi) is 10.2. The van der Waals surface area contributed by atoms with E-state index in [1.54, 1.807) is 20.8 Å². The van der Waals surface area contributed by atoms with Crippen LogP contribution in [0.15, 0.2) is 54.6 Å². The fourth-order valence-corrected chi connectivity index (χ4v) is 2.65. The van der Waals surface area contributed by atoms with Gasteiger partial charge in [-0.25, -0.2) is 0 Å². The number of hydrogen-bond donors (Lipinski definition) is 2. The number of rotatable bonds is 4. The summed E-state index contributed by atoms with van der Waals surface area (Å²) in [6.07, 6.45) is -8.93. The smallest absolute Gasteiger partial charge is 0.392 e. The first-order valence-electron chi connectivity index (χ1n) is 9.78. The summed E-state index contributed by atoms with van der Waals surface area (Å²) in [6, 6.07) is 21.1. The van der Waals surface area contributed by atoms with Crippen LogP contribution in [0.1, 0.15) is 33.0 Å². The number of aromatic nitrogens is 3. The normalized spacial score (nSPS) is 13.4. The van der Waals surface area contributed by atoms with Crippen LogP contribution in [0, 0.1) is 18.4 Å². The van der Waals surface area contributed by atoms with E-state index < -0.39 is 30.2 Å². The third kappa shape index (κ3) is 7.81. The van der Waals surface area contributed by atoms with Gasteiger partial charge in [0.15, 0.2) is 6.10 Å². The van der Waals surface area contributed by atoms with E-state index in [0.29, 0.717) is 0 Å². The Hall–Kier alpha value is -2.06. The second-order valence-corrected chi connectivity index (χ2v) is 8.19. The van der Waals surface area contributed by atoms with Crippen LogP contribution in [0.3, 0.4) is 0 Å². The molecule has 0 amide bonds. The third-order valence-corrected chi connectivity index (χ3v) is 4.61. The second kappa shape index (κ2) is 11.7. The standard InChI is InChI=1S/C15H12N3.C8H15F3O2.Ir/c1-12-16-17-15(13-8-4-2-5-9-13)18(12)14-10-6-3-7-11-14;1-7(2,3)5(12)4-6(13)8(9,10)11;/h2-8,10-11H,1H3;5-6,12-13H,4H2,1-3H3;/q-1;;. The Morgan fingerprint density at radius 2 is 1.53 bits per heavy atom. The average Bonchev–Trinajstić information content (AvgIpc) is 3.10. The fourth-order valence-electron chi connectivity index (χ4n) is 2.65. The van der Waals surface area contributed by atoms with Gasteiger partial charge in [-0.2, -0.15) is 18.3 Å². The fraction of sp³-hybridized carbons (Fsp3) is 0.391. The topological polar surface area (TPSA) is 71.2 Å². The van der Waals surface area contributed by atoms with Crippen molar-refractivity contribution in [1.82, 2.24) is 14.8 Å². The van der Waals surface area contributed by atoms with Gasteiger partial charge in [0.05, 0.1) is 11.9 Å². The number of alkyl halides is 3. The maximum atomic E-state index is 11.8. The van der Waals surface area contributed by atoms with Gasteiger partial charge in [0, 0.05) is 32.2 Å². The molecule has 0 aliphatic rings. The van der Waals surface area contributed by atoms with E-state index in [4.69, 9.17) is 5.11 Å². The number of aryl methyl sites for hydroxylation is 1. The Morgan fingerprint density at radius 1 is 0.938 bits per heavy atom. The molecule has 0 saturated heterocycles. The van der Waals surface area contributed by atoms with E-state index in [0.717, 1.165) is 22.9 Å². The molecule has 0 aliphatic carbocycles. The molecule has 0 fully saturated rings. The maximum Gasteiger partial charge on any atom is 0.414 e. The molecule has 177 valence electrons. The van der Waals surface area contributed by atoms with Crippen LogP contribution in [0.25, 0.3) is 17.1 Å². The summed E-state index contributed by atoms with van der Waals surface area (Å²) in [4.78, 5) is 0. The molecule has 3 aromatic rings. The maximum absolute atomic E-state index is 11.8. The van der Waals surface area contributed by atoms with Crippen molar-refractivity contribution in [1.29, 1.82) is 0 Å². The molecule has 2 unspecified atom stereocenters. The molecular formula is C23H27F3IrN3O2-. The van der Waals surface area contributed by atoms with Crippen LogP contribution >= 0.6 is 0 Å². The molecule has 1 radical (unpaired) electrons. The number of para-hydroxylation sites is 1. The molecule has 0 bridgehead atoms. The summed E-state index contributed by atoms with van der Waals surface area (Å²) in [6.45, 7) is 6.79.